The van der Waals surface area contributed by atoms with Crippen molar-refractivity contribution >= 4 is 6.03 Å². The van der Waals surface area contributed by atoms with Crippen LogP contribution in [0.4, 0.5) is 4.79 Å². The molecule has 2 N–H and O–H groups in total. The number of amides is 2. The lowest BCUT2D eigenvalue weighted by Crippen LogP contribution is -2.42. The van der Waals surface area contributed by atoms with Crippen molar-refractivity contribution in [2.45, 2.75) is 64.7 Å². The van der Waals surface area contributed by atoms with Crippen LogP contribution in [-0.2, 0) is 26.1 Å². The highest BCUT2D eigenvalue weighted by Crippen LogP contribution is 2.30. The number of rotatable bonds is 5. The van der Waals surface area contributed by atoms with Crippen LogP contribution in [0, 0.1) is 12.8 Å². The predicted octanol–water partition coefficient (Wildman–Crippen LogP) is 1.97. The standard InChI is InChI=1S/C20H27N5O2/c1-14-2-4-15(5-3-14)12-21-19(26)22-17-8-9-18-23-25(13-16-6-7-16)20(27)24(18)11-10-17/h2-5,16-17H,6-13H2,1H3,(H2,21,22,26). The highest BCUT2D eigenvalue weighted by atomic mass is 16.2. The average molecular weight is 369 g/mol. The number of hydrogen-bond donors (Lipinski definition) is 2. The van der Waals surface area contributed by atoms with E-state index in [9.17, 15) is 9.59 Å². The maximum absolute atomic E-state index is 12.5. The predicted molar refractivity (Wildman–Crippen MR) is 102 cm³/mol. The van der Waals surface area contributed by atoms with Gasteiger partial charge in [-0.2, -0.15) is 5.10 Å². The molecule has 0 radical (unpaired) electrons. The zero-order valence-electron chi connectivity index (χ0n) is 15.8. The summed E-state index contributed by atoms with van der Waals surface area (Å²) in [5.74, 6) is 1.48. The third-order valence-corrected chi connectivity index (χ3v) is 5.45. The molecule has 1 aliphatic heterocycles. The molecule has 1 aliphatic carbocycles. The first-order valence-corrected chi connectivity index (χ1v) is 9.85. The summed E-state index contributed by atoms with van der Waals surface area (Å²) in [5, 5.41) is 10.5. The molecule has 0 saturated heterocycles. The van der Waals surface area contributed by atoms with Gasteiger partial charge in [0.2, 0.25) is 0 Å². The Morgan fingerprint density at radius 2 is 1.96 bits per heavy atom. The second kappa shape index (κ2) is 7.58. The van der Waals surface area contributed by atoms with Crippen LogP contribution in [0.5, 0.6) is 0 Å². The quantitative estimate of drug-likeness (QED) is 0.845. The van der Waals surface area contributed by atoms with Crippen molar-refractivity contribution in [2.75, 3.05) is 0 Å². The number of nitrogens with zero attached hydrogens (tertiary/aromatic N) is 3. The first-order chi connectivity index (χ1) is 13.1. The Bertz CT molecular complexity index is 863. The van der Waals surface area contributed by atoms with Crippen LogP contribution in [0.3, 0.4) is 0 Å². The molecule has 7 heteroatoms. The van der Waals surface area contributed by atoms with Crippen LogP contribution < -0.4 is 16.3 Å². The molecule has 144 valence electrons. The maximum atomic E-state index is 12.5. The fraction of sp³-hybridized carbons (Fsp3) is 0.550. The fourth-order valence-corrected chi connectivity index (χ4v) is 3.56. The molecule has 1 aromatic heterocycles. The van der Waals surface area contributed by atoms with Crippen molar-refractivity contribution in [1.82, 2.24) is 25.0 Å². The van der Waals surface area contributed by atoms with Crippen molar-refractivity contribution in [2.24, 2.45) is 5.92 Å². The molecule has 2 aromatic rings. The summed E-state index contributed by atoms with van der Waals surface area (Å²) in [4.78, 5) is 24.7. The molecular weight excluding hydrogens is 342 g/mol. The largest absolute Gasteiger partial charge is 0.345 e. The SMILES string of the molecule is Cc1ccc(CNC(=O)NC2CCc3nn(CC4CC4)c(=O)n3CC2)cc1. The molecular formula is C20H27N5O2. The molecule has 27 heavy (non-hydrogen) atoms. The molecule has 1 atom stereocenters. The number of fused-ring (bicyclic) bond motifs is 1. The van der Waals surface area contributed by atoms with Gasteiger partial charge in [0.15, 0.2) is 0 Å². The summed E-state index contributed by atoms with van der Waals surface area (Å²) < 4.78 is 3.42. The lowest BCUT2D eigenvalue weighted by molar-refractivity contribution is 0.235. The zero-order valence-corrected chi connectivity index (χ0v) is 15.8. The summed E-state index contributed by atoms with van der Waals surface area (Å²) in [7, 11) is 0. The molecule has 1 saturated carbocycles. The van der Waals surface area contributed by atoms with Crippen molar-refractivity contribution in [3.63, 3.8) is 0 Å². The van der Waals surface area contributed by atoms with Crippen LogP contribution in [0.25, 0.3) is 0 Å². The first kappa shape index (κ1) is 17.8. The van der Waals surface area contributed by atoms with E-state index in [0.717, 1.165) is 37.2 Å². The normalized spacial score (nSPS) is 19.2. The van der Waals surface area contributed by atoms with E-state index in [4.69, 9.17) is 0 Å². The van der Waals surface area contributed by atoms with Gasteiger partial charge < -0.3 is 10.6 Å². The average Bonchev–Trinajstić information content (AvgIpc) is 3.44. The second-order valence-corrected chi connectivity index (χ2v) is 7.81. The van der Waals surface area contributed by atoms with E-state index in [2.05, 4.69) is 15.7 Å². The zero-order chi connectivity index (χ0) is 18.8. The van der Waals surface area contributed by atoms with E-state index in [1.807, 2.05) is 31.2 Å². The van der Waals surface area contributed by atoms with E-state index >= 15 is 0 Å². The minimum atomic E-state index is -0.161. The minimum Gasteiger partial charge on any atom is -0.335 e. The van der Waals surface area contributed by atoms with Crippen LogP contribution in [-0.4, -0.2) is 26.4 Å². The Labute approximate surface area is 158 Å². The summed E-state index contributed by atoms with van der Waals surface area (Å²) in [6.45, 7) is 3.91. The van der Waals surface area contributed by atoms with Gasteiger partial charge in [-0.1, -0.05) is 29.8 Å². The van der Waals surface area contributed by atoms with Gasteiger partial charge in [-0.3, -0.25) is 4.57 Å². The van der Waals surface area contributed by atoms with E-state index in [1.54, 1.807) is 9.25 Å². The van der Waals surface area contributed by atoms with Crippen LogP contribution in [0.2, 0.25) is 0 Å². The summed E-state index contributed by atoms with van der Waals surface area (Å²) in [5.41, 5.74) is 2.28. The van der Waals surface area contributed by atoms with E-state index in [1.165, 1.54) is 18.4 Å². The number of nitrogens with one attached hydrogen (secondary N) is 2. The third-order valence-electron chi connectivity index (χ3n) is 5.45. The lowest BCUT2D eigenvalue weighted by Gasteiger charge is -2.16. The van der Waals surface area contributed by atoms with Gasteiger partial charge >= 0.3 is 11.7 Å². The van der Waals surface area contributed by atoms with Crippen LogP contribution >= 0.6 is 0 Å². The van der Waals surface area contributed by atoms with Crippen molar-refractivity contribution in [3.8, 4) is 0 Å². The highest BCUT2D eigenvalue weighted by Gasteiger charge is 2.26. The smallest absolute Gasteiger partial charge is 0.335 e. The molecule has 2 amide bonds. The monoisotopic (exact) mass is 369 g/mol. The van der Waals surface area contributed by atoms with Gasteiger partial charge in [-0.25, -0.2) is 14.3 Å². The Balaban J connectivity index is 1.28. The Morgan fingerprint density at radius 1 is 1.19 bits per heavy atom. The lowest BCUT2D eigenvalue weighted by atomic mass is 10.1. The molecule has 1 unspecified atom stereocenters. The topological polar surface area (TPSA) is 81.0 Å². The number of urea groups is 1. The number of benzene rings is 1. The van der Waals surface area contributed by atoms with Gasteiger partial charge in [-0.15, -0.1) is 0 Å². The molecule has 7 nitrogen and oxygen atoms in total. The van der Waals surface area contributed by atoms with Crippen molar-refractivity contribution in [3.05, 3.63) is 51.7 Å². The highest BCUT2D eigenvalue weighted by molar-refractivity contribution is 5.74. The Hall–Kier alpha value is -2.57. The first-order valence-electron chi connectivity index (χ1n) is 9.85. The van der Waals surface area contributed by atoms with E-state index in [0.29, 0.717) is 19.0 Å². The molecule has 1 fully saturated rings. The fourth-order valence-electron chi connectivity index (χ4n) is 3.56. The van der Waals surface area contributed by atoms with Crippen LogP contribution in [0.1, 0.15) is 42.6 Å². The Kier molecular flexibility index (Phi) is 5.01. The molecule has 0 spiro atoms. The summed E-state index contributed by atoms with van der Waals surface area (Å²) in [6.07, 6.45) is 4.68. The number of aryl methyl sites for hydroxylation is 2. The van der Waals surface area contributed by atoms with E-state index < -0.39 is 0 Å². The van der Waals surface area contributed by atoms with Gasteiger partial charge in [0.1, 0.15) is 5.82 Å². The third kappa shape index (κ3) is 4.40. The van der Waals surface area contributed by atoms with Crippen LogP contribution in [0.15, 0.2) is 29.1 Å². The van der Waals surface area contributed by atoms with Gasteiger partial charge in [0, 0.05) is 32.1 Å². The molecule has 0 bridgehead atoms. The van der Waals surface area contributed by atoms with Crippen molar-refractivity contribution < 1.29 is 4.79 Å². The second-order valence-electron chi connectivity index (χ2n) is 7.81. The molecule has 2 aliphatic rings. The minimum absolute atomic E-state index is 0.00127. The molecule has 4 rings (SSSR count). The number of hydrogen-bond acceptors (Lipinski definition) is 3. The number of aromatic nitrogens is 3. The summed E-state index contributed by atoms with van der Waals surface area (Å²) in [6, 6.07) is 8.02. The van der Waals surface area contributed by atoms with Gasteiger partial charge in [0.25, 0.3) is 0 Å². The maximum Gasteiger partial charge on any atom is 0.345 e. The summed E-state index contributed by atoms with van der Waals surface area (Å²) >= 11 is 0. The van der Waals surface area contributed by atoms with Gasteiger partial charge in [0.05, 0.1) is 0 Å². The van der Waals surface area contributed by atoms with Gasteiger partial charge in [-0.05, 0) is 44.1 Å². The molecule has 1 aromatic carbocycles. The number of carbonyl (C=O) groups is 1. The Morgan fingerprint density at radius 3 is 2.70 bits per heavy atom. The van der Waals surface area contributed by atoms with Crippen molar-refractivity contribution in [1.29, 1.82) is 0 Å². The molecule has 2 heterocycles. The van der Waals surface area contributed by atoms with E-state index in [-0.39, 0.29) is 17.8 Å². The number of carbonyl (C=O) groups excluding carboxylic acids is 1.